The predicted octanol–water partition coefficient (Wildman–Crippen LogP) is 2.73. The third kappa shape index (κ3) is 4.70. The lowest BCUT2D eigenvalue weighted by Crippen LogP contribution is -2.40. The summed E-state index contributed by atoms with van der Waals surface area (Å²) >= 11 is 3.33. The molecule has 0 radical (unpaired) electrons. The number of aryl methyl sites for hydroxylation is 1. The van der Waals surface area contributed by atoms with Gasteiger partial charge in [-0.15, -0.1) is 12.4 Å². The third-order valence-corrected chi connectivity index (χ3v) is 5.38. The van der Waals surface area contributed by atoms with Gasteiger partial charge < -0.3 is 5.73 Å². The summed E-state index contributed by atoms with van der Waals surface area (Å²) in [6.45, 7) is 1.88. The SMILES string of the molecule is Cc1cc(Br)cc(S(=O)(=O)NC2CCC(N)CC2)c1.Cl. The Morgan fingerprint density at radius 3 is 2.35 bits per heavy atom. The molecule has 0 atom stereocenters. The summed E-state index contributed by atoms with van der Waals surface area (Å²) in [6, 6.07) is 5.42. The lowest BCUT2D eigenvalue weighted by molar-refractivity contribution is 0.373. The second-order valence-corrected chi connectivity index (χ2v) is 7.83. The van der Waals surface area contributed by atoms with Crippen molar-refractivity contribution in [1.82, 2.24) is 4.72 Å². The quantitative estimate of drug-likeness (QED) is 0.843. The van der Waals surface area contributed by atoms with Crippen LogP contribution in [0.5, 0.6) is 0 Å². The Kier molecular flexibility index (Phi) is 6.47. The molecule has 0 amide bonds. The highest BCUT2D eigenvalue weighted by Crippen LogP contribution is 2.22. The van der Waals surface area contributed by atoms with E-state index in [1.807, 2.05) is 13.0 Å². The normalized spacial score (nSPS) is 23.1. The fraction of sp³-hybridized carbons (Fsp3) is 0.538. The topological polar surface area (TPSA) is 72.2 Å². The molecule has 1 saturated carbocycles. The Hall–Kier alpha value is -0.140. The molecule has 2 rings (SSSR count). The molecular weight excluding hydrogens is 364 g/mol. The van der Waals surface area contributed by atoms with Crippen LogP contribution in [-0.2, 0) is 10.0 Å². The van der Waals surface area contributed by atoms with E-state index in [-0.39, 0.29) is 24.5 Å². The second-order valence-electron chi connectivity index (χ2n) is 5.20. The zero-order valence-electron chi connectivity index (χ0n) is 11.3. The van der Waals surface area contributed by atoms with Gasteiger partial charge in [-0.1, -0.05) is 15.9 Å². The van der Waals surface area contributed by atoms with Crippen LogP contribution in [0.3, 0.4) is 0 Å². The maximum absolute atomic E-state index is 12.3. The number of hydrogen-bond donors (Lipinski definition) is 2. The Morgan fingerprint density at radius 2 is 1.80 bits per heavy atom. The van der Waals surface area contributed by atoms with Gasteiger partial charge in [-0.25, -0.2) is 13.1 Å². The van der Waals surface area contributed by atoms with E-state index in [2.05, 4.69) is 20.7 Å². The summed E-state index contributed by atoms with van der Waals surface area (Å²) in [5.41, 5.74) is 6.75. The van der Waals surface area contributed by atoms with Crippen LogP contribution in [0.2, 0.25) is 0 Å². The van der Waals surface area contributed by atoms with E-state index in [4.69, 9.17) is 5.73 Å². The molecule has 7 heteroatoms. The van der Waals surface area contributed by atoms with Gasteiger partial charge >= 0.3 is 0 Å². The Morgan fingerprint density at radius 1 is 1.20 bits per heavy atom. The van der Waals surface area contributed by atoms with Gasteiger partial charge in [0.15, 0.2) is 0 Å². The summed E-state index contributed by atoms with van der Waals surface area (Å²) in [5.74, 6) is 0. The van der Waals surface area contributed by atoms with Gasteiger partial charge in [0.25, 0.3) is 0 Å². The molecule has 1 aromatic carbocycles. The minimum absolute atomic E-state index is 0. The first kappa shape index (κ1) is 17.9. The number of nitrogens with two attached hydrogens (primary N) is 1. The number of benzene rings is 1. The van der Waals surface area contributed by atoms with Gasteiger partial charge in [-0.05, 0) is 56.4 Å². The van der Waals surface area contributed by atoms with E-state index in [0.29, 0.717) is 4.90 Å². The van der Waals surface area contributed by atoms with Crippen LogP contribution >= 0.6 is 28.3 Å². The Balaban J connectivity index is 0.00000200. The van der Waals surface area contributed by atoms with E-state index in [0.717, 1.165) is 35.7 Å². The van der Waals surface area contributed by atoms with Gasteiger partial charge in [0, 0.05) is 16.6 Å². The van der Waals surface area contributed by atoms with E-state index < -0.39 is 10.0 Å². The monoisotopic (exact) mass is 382 g/mol. The minimum atomic E-state index is -3.44. The first-order valence-corrected chi connectivity index (χ1v) is 8.69. The summed E-state index contributed by atoms with van der Waals surface area (Å²) in [4.78, 5) is 0.314. The second kappa shape index (κ2) is 7.22. The first-order valence-electron chi connectivity index (χ1n) is 6.42. The van der Waals surface area contributed by atoms with E-state index in [1.165, 1.54) is 0 Å². The molecule has 0 saturated heterocycles. The Labute approximate surface area is 135 Å². The van der Waals surface area contributed by atoms with Crippen molar-refractivity contribution in [3.05, 3.63) is 28.2 Å². The maximum atomic E-state index is 12.3. The number of hydrogen-bond acceptors (Lipinski definition) is 3. The number of rotatable bonds is 3. The summed E-state index contributed by atoms with van der Waals surface area (Å²) < 4.78 is 28.2. The van der Waals surface area contributed by atoms with Crippen LogP contribution in [0.15, 0.2) is 27.6 Å². The van der Waals surface area contributed by atoms with Gasteiger partial charge in [0.05, 0.1) is 4.90 Å². The van der Waals surface area contributed by atoms with Crippen LogP contribution < -0.4 is 10.5 Å². The highest BCUT2D eigenvalue weighted by atomic mass is 79.9. The highest BCUT2D eigenvalue weighted by molar-refractivity contribution is 9.10. The largest absolute Gasteiger partial charge is 0.328 e. The van der Waals surface area contributed by atoms with Crippen molar-refractivity contribution in [3.63, 3.8) is 0 Å². The van der Waals surface area contributed by atoms with Crippen molar-refractivity contribution in [2.75, 3.05) is 0 Å². The van der Waals surface area contributed by atoms with Crippen LogP contribution in [0.25, 0.3) is 0 Å². The van der Waals surface area contributed by atoms with Crippen LogP contribution in [-0.4, -0.2) is 20.5 Å². The fourth-order valence-electron chi connectivity index (χ4n) is 2.38. The van der Waals surface area contributed by atoms with Crippen molar-refractivity contribution < 1.29 is 8.42 Å². The third-order valence-electron chi connectivity index (χ3n) is 3.42. The lowest BCUT2D eigenvalue weighted by atomic mass is 9.93. The van der Waals surface area contributed by atoms with E-state index >= 15 is 0 Å². The number of sulfonamides is 1. The molecule has 1 fully saturated rings. The highest BCUT2D eigenvalue weighted by Gasteiger charge is 2.24. The van der Waals surface area contributed by atoms with Gasteiger partial charge in [0.2, 0.25) is 10.0 Å². The van der Waals surface area contributed by atoms with Crippen LogP contribution in [0.4, 0.5) is 0 Å². The number of nitrogens with one attached hydrogen (secondary N) is 1. The van der Waals surface area contributed by atoms with Gasteiger partial charge in [0.1, 0.15) is 0 Å². The average Bonchev–Trinajstić information content (AvgIpc) is 2.31. The summed E-state index contributed by atoms with van der Waals surface area (Å²) in [5, 5.41) is 0. The Bertz CT molecular complexity index is 537. The van der Waals surface area contributed by atoms with Gasteiger partial charge in [-0.2, -0.15) is 0 Å². The van der Waals surface area contributed by atoms with Crippen molar-refractivity contribution in [1.29, 1.82) is 0 Å². The van der Waals surface area contributed by atoms with Crippen molar-refractivity contribution in [2.24, 2.45) is 5.73 Å². The van der Waals surface area contributed by atoms with Crippen molar-refractivity contribution in [3.8, 4) is 0 Å². The molecule has 20 heavy (non-hydrogen) atoms. The fourth-order valence-corrected chi connectivity index (χ4v) is 4.58. The lowest BCUT2D eigenvalue weighted by Gasteiger charge is -2.26. The summed E-state index contributed by atoms with van der Waals surface area (Å²) in [6.07, 6.45) is 3.39. The van der Waals surface area contributed by atoms with E-state index in [1.54, 1.807) is 12.1 Å². The molecular formula is C13H20BrClN2O2S. The van der Waals surface area contributed by atoms with Gasteiger partial charge in [-0.3, -0.25) is 0 Å². The first-order chi connectivity index (χ1) is 8.87. The molecule has 1 aliphatic rings. The molecule has 3 N–H and O–H groups in total. The predicted molar refractivity (Wildman–Crippen MR) is 86.7 cm³/mol. The molecule has 0 spiro atoms. The van der Waals surface area contributed by atoms with E-state index in [9.17, 15) is 8.42 Å². The molecule has 114 valence electrons. The molecule has 0 heterocycles. The number of halogens is 2. The molecule has 0 unspecified atom stereocenters. The molecule has 1 aromatic rings. The molecule has 0 bridgehead atoms. The molecule has 0 aliphatic heterocycles. The summed E-state index contributed by atoms with van der Waals surface area (Å²) in [7, 11) is -3.44. The van der Waals surface area contributed by atoms with Crippen LogP contribution in [0, 0.1) is 6.92 Å². The molecule has 4 nitrogen and oxygen atoms in total. The molecule has 0 aromatic heterocycles. The standard InChI is InChI=1S/C13H19BrN2O2S.ClH/c1-9-6-10(14)8-13(7-9)19(17,18)16-12-4-2-11(15)3-5-12;/h6-8,11-12,16H,2-5,15H2,1H3;1H. The van der Waals surface area contributed by atoms with Crippen molar-refractivity contribution >= 4 is 38.4 Å². The van der Waals surface area contributed by atoms with Crippen molar-refractivity contribution in [2.45, 2.75) is 49.6 Å². The average molecular weight is 384 g/mol. The zero-order chi connectivity index (χ0) is 14.0. The maximum Gasteiger partial charge on any atom is 0.240 e. The van der Waals surface area contributed by atoms with Crippen LogP contribution in [0.1, 0.15) is 31.2 Å². The minimum Gasteiger partial charge on any atom is -0.328 e. The molecule has 1 aliphatic carbocycles. The zero-order valence-corrected chi connectivity index (χ0v) is 14.5. The smallest absolute Gasteiger partial charge is 0.240 e.